The monoisotopic (exact) mass is 344 g/mol. The normalized spacial score (nSPS) is 13.9. The van der Waals surface area contributed by atoms with Gasteiger partial charge < -0.3 is 4.90 Å². The maximum Gasteiger partial charge on any atom is 0.236 e. The minimum atomic E-state index is -0.299. The molecule has 0 atom stereocenters. The molecule has 0 aromatic heterocycles. The molecule has 1 fully saturated rings. The van der Waals surface area contributed by atoms with E-state index in [1.54, 1.807) is 42.3 Å². The topological polar surface area (TPSA) is 23.6 Å². The number of amides is 1. The average Bonchev–Trinajstić information content (AvgIpc) is 3.43. The van der Waals surface area contributed by atoms with Crippen LogP contribution in [0.25, 0.3) is 0 Å². The Kier molecular flexibility index (Phi) is 5.43. The van der Waals surface area contributed by atoms with Crippen LogP contribution < -0.4 is 0 Å². The first-order valence-corrected chi connectivity index (χ1v) is 8.49. The van der Waals surface area contributed by atoms with Crippen LogP contribution in [0.3, 0.4) is 0 Å². The summed E-state index contributed by atoms with van der Waals surface area (Å²) in [5.41, 5.74) is 1.49. The largest absolute Gasteiger partial charge is 0.340 e. The van der Waals surface area contributed by atoms with Gasteiger partial charge in [0.2, 0.25) is 5.91 Å². The molecular formula is C20H22F2N2O. The highest BCUT2D eigenvalue weighted by atomic mass is 19.1. The van der Waals surface area contributed by atoms with E-state index in [2.05, 4.69) is 4.90 Å². The number of halogens is 2. The number of nitrogens with zero attached hydrogens (tertiary/aromatic N) is 2. The summed E-state index contributed by atoms with van der Waals surface area (Å²) in [6.07, 6.45) is 2.15. The summed E-state index contributed by atoms with van der Waals surface area (Å²) in [4.78, 5) is 16.2. The van der Waals surface area contributed by atoms with E-state index in [9.17, 15) is 13.6 Å². The van der Waals surface area contributed by atoms with Gasteiger partial charge in [0, 0.05) is 31.7 Å². The van der Waals surface area contributed by atoms with Crippen LogP contribution in [-0.2, 0) is 17.9 Å². The van der Waals surface area contributed by atoms with Gasteiger partial charge in [-0.3, -0.25) is 9.69 Å². The standard InChI is InChI=1S/C20H22F2N2O/c1-23(13-16-4-2-3-5-19(16)22)20(25)14-24(18-10-11-18)12-15-6-8-17(21)9-7-15/h2-9,18H,10-14H2,1H3. The fraction of sp³-hybridized carbons (Fsp3) is 0.350. The highest BCUT2D eigenvalue weighted by molar-refractivity contribution is 5.78. The van der Waals surface area contributed by atoms with Gasteiger partial charge in [-0.15, -0.1) is 0 Å². The Hall–Kier alpha value is -2.27. The van der Waals surface area contributed by atoms with Crippen LogP contribution in [0.5, 0.6) is 0 Å². The van der Waals surface area contributed by atoms with Crippen molar-refractivity contribution >= 4 is 5.91 Å². The summed E-state index contributed by atoms with van der Waals surface area (Å²) in [5.74, 6) is -0.604. The van der Waals surface area contributed by atoms with Crippen LogP contribution in [0.4, 0.5) is 8.78 Å². The average molecular weight is 344 g/mol. The second kappa shape index (κ2) is 7.74. The van der Waals surface area contributed by atoms with Gasteiger partial charge in [-0.05, 0) is 36.6 Å². The Morgan fingerprint density at radius 2 is 1.72 bits per heavy atom. The Labute approximate surface area is 146 Å². The molecule has 0 radical (unpaired) electrons. The smallest absolute Gasteiger partial charge is 0.236 e. The third-order valence-corrected chi connectivity index (χ3v) is 4.49. The van der Waals surface area contributed by atoms with Crippen molar-refractivity contribution in [2.45, 2.75) is 32.0 Å². The number of carbonyl (C=O) groups excluding carboxylic acids is 1. The molecule has 3 nitrogen and oxygen atoms in total. The molecule has 25 heavy (non-hydrogen) atoms. The van der Waals surface area contributed by atoms with E-state index in [-0.39, 0.29) is 30.6 Å². The lowest BCUT2D eigenvalue weighted by molar-refractivity contribution is -0.132. The van der Waals surface area contributed by atoms with E-state index in [1.807, 2.05) is 0 Å². The van der Waals surface area contributed by atoms with Gasteiger partial charge in [0.05, 0.1) is 6.54 Å². The van der Waals surface area contributed by atoms with Crippen molar-refractivity contribution in [1.82, 2.24) is 9.80 Å². The molecule has 0 heterocycles. The minimum Gasteiger partial charge on any atom is -0.340 e. The van der Waals surface area contributed by atoms with Gasteiger partial charge in [0.25, 0.3) is 0 Å². The summed E-state index contributed by atoms with van der Waals surface area (Å²) < 4.78 is 26.8. The molecular weight excluding hydrogens is 322 g/mol. The summed E-state index contributed by atoms with van der Waals surface area (Å²) >= 11 is 0. The quantitative estimate of drug-likeness (QED) is 0.766. The molecule has 0 bridgehead atoms. The Morgan fingerprint density at radius 1 is 1.04 bits per heavy atom. The number of benzene rings is 2. The van der Waals surface area contributed by atoms with Crippen molar-refractivity contribution in [3.63, 3.8) is 0 Å². The molecule has 0 aliphatic heterocycles. The summed E-state index contributed by atoms with van der Waals surface area (Å²) in [6, 6.07) is 13.3. The first kappa shape index (κ1) is 17.5. The zero-order chi connectivity index (χ0) is 17.8. The number of rotatable bonds is 7. The first-order chi connectivity index (χ1) is 12.0. The van der Waals surface area contributed by atoms with Crippen molar-refractivity contribution in [1.29, 1.82) is 0 Å². The van der Waals surface area contributed by atoms with Gasteiger partial charge in [-0.2, -0.15) is 0 Å². The van der Waals surface area contributed by atoms with Crippen LogP contribution >= 0.6 is 0 Å². The minimum absolute atomic E-state index is 0.0442. The van der Waals surface area contributed by atoms with Crippen LogP contribution in [0.15, 0.2) is 48.5 Å². The van der Waals surface area contributed by atoms with Crippen LogP contribution in [-0.4, -0.2) is 35.3 Å². The predicted octanol–water partition coefficient (Wildman–Crippen LogP) is 3.59. The Bertz CT molecular complexity index is 729. The third kappa shape index (κ3) is 4.86. The molecule has 2 aromatic carbocycles. The van der Waals surface area contributed by atoms with Gasteiger partial charge in [-0.25, -0.2) is 8.78 Å². The molecule has 0 saturated heterocycles. The Balaban J connectivity index is 1.60. The van der Waals surface area contributed by atoms with E-state index in [1.165, 1.54) is 18.2 Å². The lowest BCUT2D eigenvalue weighted by Gasteiger charge is -2.25. The van der Waals surface area contributed by atoms with Gasteiger partial charge in [-0.1, -0.05) is 30.3 Å². The van der Waals surface area contributed by atoms with Crippen molar-refractivity contribution in [2.24, 2.45) is 0 Å². The summed E-state index contributed by atoms with van der Waals surface area (Å²) in [7, 11) is 1.69. The SMILES string of the molecule is CN(Cc1ccccc1F)C(=O)CN(Cc1ccc(F)cc1)C1CC1. The van der Waals surface area contributed by atoms with Crippen LogP contribution in [0, 0.1) is 11.6 Å². The molecule has 132 valence electrons. The third-order valence-electron chi connectivity index (χ3n) is 4.49. The van der Waals surface area contributed by atoms with Crippen LogP contribution in [0.1, 0.15) is 24.0 Å². The maximum atomic E-state index is 13.8. The van der Waals surface area contributed by atoms with Gasteiger partial charge in [0.15, 0.2) is 0 Å². The molecule has 0 N–H and O–H groups in total. The molecule has 5 heteroatoms. The van der Waals surface area contributed by atoms with Crippen LogP contribution in [0.2, 0.25) is 0 Å². The lowest BCUT2D eigenvalue weighted by Crippen LogP contribution is -2.39. The highest BCUT2D eigenvalue weighted by Crippen LogP contribution is 2.28. The number of likely N-dealkylation sites (N-methyl/N-ethyl adjacent to an activating group) is 1. The molecule has 0 unspecified atom stereocenters. The second-order valence-corrected chi connectivity index (χ2v) is 6.60. The van der Waals surface area contributed by atoms with E-state index in [0.717, 1.165) is 18.4 Å². The number of hydrogen-bond acceptors (Lipinski definition) is 2. The molecule has 0 spiro atoms. The Morgan fingerprint density at radius 3 is 2.36 bits per heavy atom. The highest BCUT2D eigenvalue weighted by Gasteiger charge is 2.31. The number of hydrogen-bond donors (Lipinski definition) is 0. The zero-order valence-electron chi connectivity index (χ0n) is 14.3. The lowest BCUT2D eigenvalue weighted by atomic mass is 10.2. The maximum absolute atomic E-state index is 13.8. The van der Waals surface area contributed by atoms with Gasteiger partial charge in [0.1, 0.15) is 11.6 Å². The first-order valence-electron chi connectivity index (χ1n) is 8.49. The zero-order valence-corrected chi connectivity index (χ0v) is 14.3. The van der Waals surface area contributed by atoms with Crippen molar-refractivity contribution in [3.8, 4) is 0 Å². The summed E-state index contributed by atoms with van der Waals surface area (Å²) in [6.45, 7) is 1.15. The van der Waals surface area contributed by atoms with E-state index < -0.39 is 0 Å². The fourth-order valence-corrected chi connectivity index (χ4v) is 2.84. The van der Waals surface area contributed by atoms with Crippen molar-refractivity contribution in [3.05, 3.63) is 71.3 Å². The van der Waals surface area contributed by atoms with E-state index >= 15 is 0 Å². The molecule has 3 rings (SSSR count). The van der Waals surface area contributed by atoms with E-state index in [0.29, 0.717) is 18.2 Å². The van der Waals surface area contributed by atoms with Gasteiger partial charge >= 0.3 is 0 Å². The predicted molar refractivity (Wildman–Crippen MR) is 92.7 cm³/mol. The second-order valence-electron chi connectivity index (χ2n) is 6.60. The molecule has 2 aromatic rings. The molecule has 1 aliphatic rings. The fourth-order valence-electron chi connectivity index (χ4n) is 2.84. The molecule has 1 aliphatic carbocycles. The molecule has 1 amide bonds. The van der Waals surface area contributed by atoms with Crippen molar-refractivity contribution < 1.29 is 13.6 Å². The van der Waals surface area contributed by atoms with Crippen molar-refractivity contribution in [2.75, 3.05) is 13.6 Å². The summed E-state index contributed by atoms with van der Waals surface area (Å²) in [5, 5.41) is 0. The number of carbonyl (C=O) groups is 1. The molecule has 1 saturated carbocycles. The van der Waals surface area contributed by atoms with E-state index in [4.69, 9.17) is 0 Å².